The Morgan fingerprint density at radius 3 is 1.82 bits per heavy atom. The third-order valence-electron chi connectivity index (χ3n) is 4.70. The average molecular weight is 449 g/mol. The number of anilines is 1. The molecule has 3 aromatic carbocycles. The first-order valence-electron chi connectivity index (χ1n) is 9.93. The van der Waals surface area contributed by atoms with Crippen molar-refractivity contribution in [3.63, 3.8) is 0 Å². The van der Waals surface area contributed by atoms with E-state index >= 15 is 0 Å². The SMILES string of the molecule is COc1cc(NC(=O)COC(=O)c2ccc(C(=O)c3ccccc3)cc2)cc(OC)c1OC. The molecule has 33 heavy (non-hydrogen) atoms. The van der Waals surface area contributed by atoms with Crippen molar-refractivity contribution < 1.29 is 33.3 Å². The second-order valence-corrected chi connectivity index (χ2v) is 6.81. The van der Waals surface area contributed by atoms with Gasteiger partial charge in [0, 0.05) is 28.9 Å². The molecule has 0 saturated heterocycles. The lowest BCUT2D eigenvalue weighted by atomic mass is 10.0. The van der Waals surface area contributed by atoms with E-state index in [1.165, 1.54) is 33.5 Å². The number of carbonyl (C=O) groups is 3. The molecule has 0 fully saturated rings. The predicted octanol–water partition coefficient (Wildman–Crippen LogP) is 3.74. The van der Waals surface area contributed by atoms with Gasteiger partial charge in [-0.25, -0.2) is 4.79 Å². The van der Waals surface area contributed by atoms with Gasteiger partial charge in [-0.3, -0.25) is 9.59 Å². The number of ether oxygens (including phenoxy) is 4. The average Bonchev–Trinajstić information content (AvgIpc) is 2.86. The predicted molar refractivity (Wildman–Crippen MR) is 121 cm³/mol. The summed E-state index contributed by atoms with van der Waals surface area (Å²) in [6.07, 6.45) is 0. The van der Waals surface area contributed by atoms with Crippen LogP contribution in [-0.2, 0) is 9.53 Å². The zero-order valence-corrected chi connectivity index (χ0v) is 18.4. The van der Waals surface area contributed by atoms with Crippen LogP contribution in [0.4, 0.5) is 5.69 Å². The summed E-state index contributed by atoms with van der Waals surface area (Å²) in [6.45, 7) is -0.500. The maximum atomic E-state index is 12.5. The fourth-order valence-electron chi connectivity index (χ4n) is 3.08. The third kappa shape index (κ3) is 5.68. The Kier molecular flexibility index (Phi) is 7.64. The number of rotatable bonds is 9. The molecule has 1 amide bonds. The molecule has 3 aromatic rings. The summed E-state index contributed by atoms with van der Waals surface area (Å²) in [5, 5.41) is 2.62. The van der Waals surface area contributed by atoms with Crippen LogP contribution in [0.2, 0.25) is 0 Å². The maximum Gasteiger partial charge on any atom is 0.338 e. The molecule has 0 unspecified atom stereocenters. The number of hydrogen-bond acceptors (Lipinski definition) is 7. The number of nitrogens with one attached hydrogen (secondary N) is 1. The molecule has 0 atom stereocenters. The zero-order valence-electron chi connectivity index (χ0n) is 18.4. The van der Waals surface area contributed by atoms with Gasteiger partial charge in [0.15, 0.2) is 23.9 Å². The normalized spacial score (nSPS) is 10.2. The second-order valence-electron chi connectivity index (χ2n) is 6.81. The van der Waals surface area contributed by atoms with Crippen LogP contribution in [0.15, 0.2) is 66.7 Å². The van der Waals surface area contributed by atoms with Gasteiger partial charge < -0.3 is 24.3 Å². The van der Waals surface area contributed by atoms with Gasteiger partial charge in [-0.2, -0.15) is 0 Å². The Labute approximate surface area is 191 Å². The summed E-state index contributed by atoms with van der Waals surface area (Å²) >= 11 is 0. The molecule has 8 heteroatoms. The van der Waals surface area contributed by atoms with E-state index in [2.05, 4.69) is 5.32 Å². The van der Waals surface area contributed by atoms with Crippen molar-refractivity contribution in [3.05, 3.63) is 83.4 Å². The molecular formula is C25H23NO7. The fraction of sp³-hybridized carbons (Fsp3) is 0.160. The van der Waals surface area contributed by atoms with Crippen LogP contribution in [0.3, 0.4) is 0 Å². The van der Waals surface area contributed by atoms with E-state index in [0.29, 0.717) is 34.1 Å². The Morgan fingerprint density at radius 1 is 0.727 bits per heavy atom. The zero-order chi connectivity index (χ0) is 23.8. The van der Waals surface area contributed by atoms with Crippen molar-refractivity contribution in [2.45, 2.75) is 0 Å². The highest BCUT2D eigenvalue weighted by molar-refractivity contribution is 6.09. The molecule has 8 nitrogen and oxygen atoms in total. The van der Waals surface area contributed by atoms with E-state index in [1.54, 1.807) is 48.5 Å². The molecule has 0 radical (unpaired) electrons. The standard InChI is InChI=1S/C25H23NO7/c1-30-20-13-19(14-21(31-2)24(20)32-3)26-22(27)15-33-25(29)18-11-9-17(10-12-18)23(28)16-7-5-4-6-8-16/h4-14H,15H2,1-3H3,(H,26,27). The molecule has 0 spiro atoms. The van der Waals surface area contributed by atoms with Crippen LogP contribution < -0.4 is 19.5 Å². The van der Waals surface area contributed by atoms with E-state index in [4.69, 9.17) is 18.9 Å². The summed E-state index contributed by atoms with van der Waals surface area (Å²) in [7, 11) is 4.40. The second kappa shape index (κ2) is 10.8. The summed E-state index contributed by atoms with van der Waals surface area (Å²) in [5.74, 6) is -0.260. The Morgan fingerprint density at radius 2 is 1.27 bits per heavy atom. The van der Waals surface area contributed by atoms with Gasteiger partial charge in [0.1, 0.15) is 0 Å². The lowest BCUT2D eigenvalue weighted by molar-refractivity contribution is -0.119. The molecule has 0 saturated carbocycles. The summed E-state index contributed by atoms with van der Waals surface area (Å²) in [6, 6.07) is 18.0. The van der Waals surface area contributed by atoms with Gasteiger partial charge in [0.2, 0.25) is 5.75 Å². The van der Waals surface area contributed by atoms with Gasteiger partial charge in [0.05, 0.1) is 26.9 Å². The summed E-state index contributed by atoms with van der Waals surface area (Å²) in [4.78, 5) is 37.0. The summed E-state index contributed by atoms with van der Waals surface area (Å²) < 4.78 is 20.8. The van der Waals surface area contributed by atoms with E-state index in [9.17, 15) is 14.4 Å². The number of ketones is 1. The Bertz CT molecular complexity index is 1120. The molecule has 3 rings (SSSR count). The van der Waals surface area contributed by atoms with Gasteiger partial charge in [-0.15, -0.1) is 0 Å². The van der Waals surface area contributed by atoms with Crippen LogP contribution in [0.1, 0.15) is 26.3 Å². The first kappa shape index (κ1) is 23.3. The van der Waals surface area contributed by atoms with Gasteiger partial charge in [-0.05, 0) is 12.1 Å². The largest absolute Gasteiger partial charge is 0.493 e. The van der Waals surface area contributed by atoms with Crippen molar-refractivity contribution in [1.82, 2.24) is 0 Å². The quantitative estimate of drug-likeness (QED) is 0.392. The molecule has 0 aliphatic carbocycles. The van der Waals surface area contributed by atoms with E-state index < -0.39 is 18.5 Å². The highest BCUT2D eigenvalue weighted by atomic mass is 16.5. The van der Waals surface area contributed by atoms with Crippen LogP contribution in [-0.4, -0.2) is 45.6 Å². The van der Waals surface area contributed by atoms with Gasteiger partial charge >= 0.3 is 5.97 Å². The number of carbonyl (C=O) groups excluding carboxylic acids is 3. The first-order valence-corrected chi connectivity index (χ1v) is 9.93. The molecule has 0 aromatic heterocycles. The van der Waals surface area contributed by atoms with Crippen molar-refractivity contribution in [2.24, 2.45) is 0 Å². The smallest absolute Gasteiger partial charge is 0.338 e. The summed E-state index contributed by atoms with van der Waals surface area (Å²) in [5.41, 5.74) is 1.60. The van der Waals surface area contributed by atoms with Crippen LogP contribution in [0, 0.1) is 0 Å². The highest BCUT2D eigenvalue weighted by Crippen LogP contribution is 2.39. The minimum Gasteiger partial charge on any atom is -0.493 e. The maximum absolute atomic E-state index is 12.5. The fourth-order valence-corrected chi connectivity index (χ4v) is 3.08. The van der Waals surface area contributed by atoms with E-state index in [0.717, 1.165) is 0 Å². The molecule has 170 valence electrons. The molecule has 1 N–H and O–H groups in total. The van der Waals surface area contributed by atoms with Crippen molar-refractivity contribution in [1.29, 1.82) is 0 Å². The number of amides is 1. The minimum absolute atomic E-state index is 0.153. The monoisotopic (exact) mass is 449 g/mol. The topological polar surface area (TPSA) is 100 Å². The Hall–Kier alpha value is -4.33. The Balaban J connectivity index is 1.59. The van der Waals surface area contributed by atoms with Crippen molar-refractivity contribution in [3.8, 4) is 17.2 Å². The number of esters is 1. The molecule has 0 aliphatic rings. The molecule has 0 aliphatic heterocycles. The van der Waals surface area contributed by atoms with Crippen molar-refractivity contribution in [2.75, 3.05) is 33.3 Å². The number of methoxy groups -OCH3 is 3. The highest BCUT2D eigenvalue weighted by Gasteiger charge is 2.16. The molecular weight excluding hydrogens is 426 g/mol. The first-order chi connectivity index (χ1) is 16.0. The number of benzene rings is 3. The van der Waals surface area contributed by atoms with Gasteiger partial charge in [-0.1, -0.05) is 42.5 Å². The third-order valence-corrected chi connectivity index (χ3v) is 4.70. The van der Waals surface area contributed by atoms with Crippen LogP contribution in [0.5, 0.6) is 17.2 Å². The lowest BCUT2D eigenvalue weighted by Gasteiger charge is -2.14. The van der Waals surface area contributed by atoms with E-state index in [-0.39, 0.29) is 11.3 Å². The van der Waals surface area contributed by atoms with Crippen molar-refractivity contribution >= 4 is 23.3 Å². The van der Waals surface area contributed by atoms with Gasteiger partial charge in [0.25, 0.3) is 5.91 Å². The molecule has 0 heterocycles. The lowest BCUT2D eigenvalue weighted by Crippen LogP contribution is -2.21. The van der Waals surface area contributed by atoms with Crippen LogP contribution in [0.25, 0.3) is 0 Å². The van der Waals surface area contributed by atoms with Crippen LogP contribution >= 0.6 is 0 Å². The number of hydrogen-bond donors (Lipinski definition) is 1. The minimum atomic E-state index is -0.686. The molecule has 0 bridgehead atoms. The van der Waals surface area contributed by atoms with E-state index in [1.807, 2.05) is 6.07 Å².